The third-order valence-corrected chi connectivity index (χ3v) is 16.6. The number of piperazine rings is 1. The number of ether oxygens (including phenoxy) is 6. The van der Waals surface area contributed by atoms with E-state index in [0.29, 0.717) is 113 Å². The first-order valence-electron chi connectivity index (χ1n) is 26.2. The van der Waals surface area contributed by atoms with Crippen molar-refractivity contribution in [3.8, 4) is 5.88 Å². The summed E-state index contributed by atoms with van der Waals surface area (Å²) < 4.78 is 66.7. The van der Waals surface area contributed by atoms with Crippen LogP contribution in [0.3, 0.4) is 0 Å². The number of nitrogens with zero attached hydrogens (tertiary/aromatic N) is 5. The summed E-state index contributed by atoms with van der Waals surface area (Å²) in [6.07, 6.45) is 6.03. The fourth-order valence-electron chi connectivity index (χ4n) is 11.1. The molecule has 4 aliphatic heterocycles. The molecule has 6 heterocycles. The lowest BCUT2D eigenvalue weighted by atomic mass is 9.71. The van der Waals surface area contributed by atoms with Crippen molar-refractivity contribution in [3.63, 3.8) is 0 Å². The molecule has 0 radical (unpaired) electrons. The summed E-state index contributed by atoms with van der Waals surface area (Å²) in [6.45, 7) is 11.4. The van der Waals surface area contributed by atoms with E-state index in [1.807, 2.05) is 41.3 Å². The van der Waals surface area contributed by atoms with Crippen LogP contribution in [0.2, 0.25) is 5.02 Å². The molecule has 19 nitrogen and oxygen atoms in total. The summed E-state index contributed by atoms with van der Waals surface area (Å²) >= 11 is 6.38. The number of aromatic amines is 1. The Morgan fingerprint density at radius 1 is 0.961 bits per heavy atom. The molecule has 3 saturated heterocycles. The molecule has 5 aliphatic rings. The second kappa shape index (κ2) is 23.4. The molecule has 2 aromatic heterocycles. The fourth-order valence-corrected chi connectivity index (χ4v) is 12.2. The molecule has 76 heavy (non-hydrogen) atoms. The van der Waals surface area contributed by atoms with Gasteiger partial charge in [0, 0.05) is 88.0 Å². The van der Waals surface area contributed by atoms with E-state index in [2.05, 4.69) is 50.8 Å². The van der Waals surface area contributed by atoms with Gasteiger partial charge in [-0.3, -0.25) is 19.8 Å². The highest BCUT2D eigenvalue weighted by Crippen LogP contribution is 2.46. The monoisotopic (exact) mass is 1080 g/mol. The largest absolute Gasteiger partial charge is 0.476 e. The first-order chi connectivity index (χ1) is 36.7. The van der Waals surface area contributed by atoms with Crippen LogP contribution >= 0.6 is 11.6 Å². The minimum Gasteiger partial charge on any atom is -0.476 e. The average Bonchev–Trinajstić information content (AvgIpc) is 3.75. The molecule has 0 unspecified atom stereocenters. The van der Waals surface area contributed by atoms with Gasteiger partial charge in [-0.2, -0.15) is 4.98 Å². The van der Waals surface area contributed by atoms with E-state index in [1.54, 1.807) is 19.4 Å². The molecular weight excluding hydrogens is 1020 g/mol. The number of nitro benzene ring substituents is 1. The van der Waals surface area contributed by atoms with E-state index in [0.717, 1.165) is 54.9 Å². The van der Waals surface area contributed by atoms with E-state index >= 15 is 0 Å². The molecule has 21 heteroatoms. The number of nitrogens with one attached hydrogen (secondary N) is 3. The number of carbonyl (C=O) groups is 1. The molecule has 0 saturated carbocycles. The van der Waals surface area contributed by atoms with Gasteiger partial charge in [-0.25, -0.2) is 13.1 Å². The number of anilines is 4. The number of nitro groups is 1. The van der Waals surface area contributed by atoms with Crippen LogP contribution in [-0.4, -0.2) is 151 Å². The number of hydrogen-bond donors (Lipinski definition) is 3. The summed E-state index contributed by atoms with van der Waals surface area (Å²) in [4.78, 5) is 40.7. The van der Waals surface area contributed by atoms with Gasteiger partial charge >= 0.3 is 0 Å². The molecule has 0 spiro atoms. The van der Waals surface area contributed by atoms with E-state index in [1.165, 1.54) is 23.3 Å². The van der Waals surface area contributed by atoms with Crippen molar-refractivity contribution in [1.82, 2.24) is 19.6 Å². The van der Waals surface area contributed by atoms with Crippen LogP contribution in [-0.2, 0) is 33.7 Å². The number of pyridine rings is 1. The Labute approximate surface area is 448 Å². The molecule has 1 aliphatic carbocycles. The number of rotatable bonds is 14. The number of fused-ring (bicyclic) bond motifs is 4. The van der Waals surface area contributed by atoms with Crippen molar-refractivity contribution >= 4 is 72.6 Å². The van der Waals surface area contributed by atoms with Crippen molar-refractivity contribution < 1.29 is 46.6 Å². The SMILES string of the molecule is COCCO[C@H]1CC[C@H](CNc2ccc(S(=O)(=O)NC(=O)c3ccc(N4CCN5CC6=C(c7ccc(Cl)cc7)CC(C)(C)C[C@H]6OCCCOC[C@@H]5C4)cc3N3CCCOc4nc5[nH]ccc5cc43)cc2[N+](=O)[O-])OC1. The second-order valence-electron chi connectivity index (χ2n) is 21.0. The number of methoxy groups -OCH3 is 1. The molecule has 3 fully saturated rings. The number of benzene rings is 3. The molecule has 5 aromatic rings. The summed E-state index contributed by atoms with van der Waals surface area (Å²) in [6, 6.07) is 21.0. The third kappa shape index (κ3) is 12.3. The smallest absolute Gasteiger partial charge is 0.293 e. The highest BCUT2D eigenvalue weighted by molar-refractivity contribution is 7.90. The van der Waals surface area contributed by atoms with Crippen molar-refractivity contribution in [3.05, 3.63) is 111 Å². The normalized spacial score (nSPS) is 22.6. The van der Waals surface area contributed by atoms with Gasteiger partial charge in [-0.1, -0.05) is 37.6 Å². The zero-order valence-corrected chi connectivity index (χ0v) is 44.8. The van der Waals surface area contributed by atoms with Gasteiger partial charge in [-0.15, -0.1) is 0 Å². The van der Waals surface area contributed by atoms with Crippen LogP contribution < -0.4 is 24.6 Å². The van der Waals surface area contributed by atoms with Crippen molar-refractivity contribution in [2.45, 2.75) is 81.6 Å². The maximum absolute atomic E-state index is 14.7. The van der Waals surface area contributed by atoms with Crippen LogP contribution in [0.4, 0.5) is 28.4 Å². The van der Waals surface area contributed by atoms with Crippen molar-refractivity contribution in [1.29, 1.82) is 0 Å². The Morgan fingerprint density at radius 3 is 2.62 bits per heavy atom. The van der Waals surface area contributed by atoms with Gasteiger partial charge in [0.15, 0.2) is 0 Å². The molecule has 3 N–H and O–H groups in total. The Kier molecular flexibility index (Phi) is 16.5. The first kappa shape index (κ1) is 53.6. The zero-order chi connectivity index (χ0) is 53.0. The molecule has 406 valence electrons. The van der Waals surface area contributed by atoms with Gasteiger partial charge < -0.3 is 48.5 Å². The van der Waals surface area contributed by atoms with Crippen molar-refractivity contribution in [2.24, 2.45) is 5.41 Å². The number of sulfonamides is 1. The maximum atomic E-state index is 14.7. The molecule has 10 rings (SSSR count). The lowest BCUT2D eigenvalue weighted by molar-refractivity contribution is -0.384. The number of halogens is 1. The molecule has 0 bridgehead atoms. The number of H-pyrrole nitrogens is 1. The minimum absolute atomic E-state index is 0.00168. The molecule has 1 amide bonds. The fraction of sp³-hybridized carbons (Fsp3) is 0.491. The summed E-state index contributed by atoms with van der Waals surface area (Å²) in [5.41, 5.74) is 6.06. The zero-order valence-electron chi connectivity index (χ0n) is 43.3. The number of hydrogen-bond acceptors (Lipinski definition) is 16. The van der Waals surface area contributed by atoms with E-state index in [-0.39, 0.29) is 47.6 Å². The van der Waals surface area contributed by atoms with Crippen LogP contribution in [0.15, 0.2) is 89.5 Å². The highest BCUT2D eigenvalue weighted by atomic mass is 35.5. The number of carbonyl (C=O) groups excluding carboxylic acids is 1. The van der Waals surface area contributed by atoms with Gasteiger partial charge in [0.25, 0.3) is 21.6 Å². The lowest BCUT2D eigenvalue weighted by Gasteiger charge is -2.45. The van der Waals surface area contributed by atoms with Gasteiger partial charge in [0.1, 0.15) is 17.0 Å². The van der Waals surface area contributed by atoms with E-state index < -0.39 is 31.4 Å². The van der Waals surface area contributed by atoms with Crippen molar-refractivity contribution in [2.75, 3.05) is 108 Å². The number of aromatic nitrogens is 2. The molecule has 3 aromatic carbocycles. The summed E-state index contributed by atoms with van der Waals surface area (Å²) in [7, 11) is -3.04. The lowest BCUT2D eigenvalue weighted by Crippen LogP contribution is -2.56. The predicted molar refractivity (Wildman–Crippen MR) is 291 cm³/mol. The number of amides is 1. The Morgan fingerprint density at radius 2 is 1.82 bits per heavy atom. The van der Waals surface area contributed by atoms with Crippen LogP contribution in [0.25, 0.3) is 16.6 Å². The predicted octanol–water partition coefficient (Wildman–Crippen LogP) is 8.36. The van der Waals surface area contributed by atoms with Crippen LogP contribution in [0.1, 0.15) is 68.3 Å². The van der Waals surface area contributed by atoms with Crippen LogP contribution in [0.5, 0.6) is 5.88 Å². The topological polar surface area (TPSA) is 212 Å². The Bertz CT molecular complexity index is 3040. The Balaban J connectivity index is 0.928. The highest BCUT2D eigenvalue weighted by Gasteiger charge is 2.39. The third-order valence-electron chi connectivity index (χ3n) is 15.0. The van der Waals surface area contributed by atoms with Crippen LogP contribution in [0, 0.1) is 15.5 Å². The maximum Gasteiger partial charge on any atom is 0.293 e. The standard InChI is InChI=1S/C55H67ClN8O11S/c1-55(2)29-45(36-6-8-38(56)9-7-36)46-33-62-20-19-61(32-40(62)34-71-21-5-23-73-51(46)30-55)39-10-14-44(48(27-39)63-18-4-22-74-54-50(63)26-37-16-17-57-52(37)59-54)53(65)60-76(68,69)43-13-15-47(49(28-43)64(66)67)58-31-41-11-12-42(35-75-41)72-25-24-70-3/h6-10,13-17,26-28,40-42,51,58H,4-5,11-12,18-25,29-35H2,1-3H3,(H,57,59)(H,60,65)/t40-,41+,42-,51+/m0/s1. The summed E-state index contributed by atoms with van der Waals surface area (Å²) in [5.74, 6) is -0.542. The Hall–Kier alpha value is -5.84. The quantitative estimate of drug-likeness (QED) is 0.0542. The minimum atomic E-state index is -4.65. The van der Waals surface area contributed by atoms with Gasteiger partial charge in [0.2, 0.25) is 5.88 Å². The van der Waals surface area contributed by atoms with E-state index in [9.17, 15) is 23.3 Å². The van der Waals surface area contributed by atoms with Gasteiger partial charge in [0.05, 0.1) is 78.5 Å². The average molecular weight is 1080 g/mol. The number of allylic oxidation sites excluding steroid dienone is 1. The first-order valence-corrected chi connectivity index (χ1v) is 28.1. The second-order valence-corrected chi connectivity index (χ2v) is 23.1. The molecule has 4 atom stereocenters. The molecular formula is C55H67ClN8O11S. The van der Waals surface area contributed by atoms with E-state index in [4.69, 9.17) is 45.0 Å². The summed E-state index contributed by atoms with van der Waals surface area (Å²) in [5, 5.41) is 17.0. The van der Waals surface area contributed by atoms with Gasteiger partial charge in [-0.05, 0) is 115 Å².